The summed E-state index contributed by atoms with van der Waals surface area (Å²) in [5.41, 5.74) is -0.163. The maximum absolute atomic E-state index is 12.5. The van der Waals surface area contributed by atoms with Crippen molar-refractivity contribution < 1.29 is 23.9 Å². The van der Waals surface area contributed by atoms with E-state index in [-0.39, 0.29) is 30.7 Å². The van der Waals surface area contributed by atoms with E-state index in [4.69, 9.17) is 21.1 Å². The Hall–Kier alpha value is -2.48. The molecule has 1 aromatic carbocycles. The molecule has 172 valence electrons. The third kappa shape index (κ3) is 8.28. The van der Waals surface area contributed by atoms with Gasteiger partial charge in [-0.3, -0.25) is 9.59 Å². The smallest absolute Gasteiger partial charge is 0.407 e. The van der Waals surface area contributed by atoms with Gasteiger partial charge in [0, 0.05) is 37.6 Å². The van der Waals surface area contributed by atoms with Crippen LogP contribution in [-0.2, 0) is 9.53 Å². The number of carbonyl (C=O) groups excluding carboxylic acids is 3. The SMILES string of the molecule is COc1ccc(Cl)cc1C(=O)NCC1CCN(C(=O)CCNC(=O)OC(C)(C)C)CC1. The number of alkyl carbamates (subject to hydrolysis) is 1. The zero-order valence-corrected chi connectivity index (χ0v) is 19.4. The molecule has 0 saturated carbocycles. The van der Waals surface area contributed by atoms with Crippen LogP contribution in [0.3, 0.4) is 0 Å². The van der Waals surface area contributed by atoms with Gasteiger partial charge in [0.05, 0.1) is 12.7 Å². The topological polar surface area (TPSA) is 97.0 Å². The summed E-state index contributed by atoms with van der Waals surface area (Å²) in [7, 11) is 1.51. The van der Waals surface area contributed by atoms with Crippen molar-refractivity contribution in [1.82, 2.24) is 15.5 Å². The predicted octanol–water partition coefficient (Wildman–Crippen LogP) is 3.23. The van der Waals surface area contributed by atoms with Gasteiger partial charge in [-0.15, -0.1) is 0 Å². The van der Waals surface area contributed by atoms with E-state index in [1.807, 2.05) is 0 Å². The lowest BCUT2D eigenvalue weighted by atomic mass is 9.96. The molecule has 0 bridgehead atoms. The molecule has 0 aromatic heterocycles. The number of rotatable bonds is 7. The van der Waals surface area contributed by atoms with Gasteiger partial charge in [0.2, 0.25) is 5.91 Å². The molecule has 2 N–H and O–H groups in total. The van der Waals surface area contributed by atoms with Gasteiger partial charge in [0.1, 0.15) is 11.4 Å². The molecular weight excluding hydrogens is 422 g/mol. The third-order valence-corrected chi connectivity index (χ3v) is 5.17. The second-order valence-electron chi connectivity index (χ2n) is 8.56. The average molecular weight is 454 g/mol. The van der Waals surface area contributed by atoms with Crippen LogP contribution in [0, 0.1) is 5.92 Å². The number of ether oxygens (including phenoxy) is 2. The Morgan fingerprint density at radius 2 is 1.84 bits per heavy atom. The van der Waals surface area contributed by atoms with Gasteiger partial charge in [-0.05, 0) is 57.7 Å². The Morgan fingerprint density at radius 1 is 1.16 bits per heavy atom. The number of amides is 3. The number of carbonyl (C=O) groups is 3. The fraction of sp³-hybridized carbons (Fsp3) is 0.591. The lowest BCUT2D eigenvalue weighted by molar-refractivity contribution is -0.132. The maximum Gasteiger partial charge on any atom is 0.407 e. The first-order valence-corrected chi connectivity index (χ1v) is 10.8. The standard InChI is InChI=1S/C22H32ClN3O5/c1-22(2,3)31-21(29)24-10-7-19(27)26-11-8-15(9-12-26)14-25-20(28)17-13-16(23)5-6-18(17)30-4/h5-6,13,15H,7-12,14H2,1-4H3,(H,24,29)(H,25,28). The van der Waals surface area contributed by atoms with E-state index in [0.717, 1.165) is 12.8 Å². The van der Waals surface area contributed by atoms with E-state index in [2.05, 4.69) is 10.6 Å². The molecule has 1 aliphatic heterocycles. The van der Waals surface area contributed by atoms with Crippen LogP contribution >= 0.6 is 11.6 Å². The Bertz CT molecular complexity index is 786. The Kier molecular flexibility index (Phi) is 8.98. The zero-order valence-electron chi connectivity index (χ0n) is 18.6. The molecule has 9 heteroatoms. The van der Waals surface area contributed by atoms with Crippen LogP contribution in [0.4, 0.5) is 4.79 Å². The Labute approximate surface area is 188 Å². The minimum absolute atomic E-state index is 0.00204. The van der Waals surface area contributed by atoms with Gasteiger partial charge in [0.25, 0.3) is 5.91 Å². The van der Waals surface area contributed by atoms with Crippen molar-refractivity contribution in [2.75, 3.05) is 33.3 Å². The van der Waals surface area contributed by atoms with Crippen molar-refractivity contribution in [3.8, 4) is 5.75 Å². The Morgan fingerprint density at radius 3 is 2.45 bits per heavy atom. The summed E-state index contributed by atoms with van der Waals surface area (Å²) in [5, 5.41) is 6.01. The quantitative estimate of drug-likeness (QED) is 0.660. The number of methoxy groups -OCH3 is 1. The Balaban J connectivity index is 1.70. The summed E-state index contributed by atoms with van der Waals surface area (Å²) >= 11 is 5.99. The first-order chi connectivity index (χ1) is 14.6. The van der Waals surface area contributed by atoms with Crippen molar-refractivity contribution >= 4 is 29.5 Å². The normalized spacial score (nSPS) is 14.7. The van der Waals surface area contributed by atoms with E-state index in [0.29, 0.717) is 36.0 Å². The molecule has 3 amide bonds. The predicted molar refractivity (Wildman–Crippen MR) is 118 cm³/mol. The highest BCUT2D eigenvalue weighted by Crippen LogP contribution is 2.23. The molecule has 2 rings (SSSR count). The van der Waals surface area contributed by atoms with Crippen LogP contribution in [0.5, 0.6) is 5.75 Å². The molecule has 0 aliphatic carbocycles. The zero-order chi connectivity index (χ0) is 23.0. The number of likely N-dealkylation sites (tertiary alicyclic amines) is 1. The summed E-state index contributed by atoms with van der Waals surface area (Å²) < 4.78 is 10.4. The molecule has 1 heterocycles. The molecule has 0 radical (unpaired) electrons. The van der Waals surface area contributed by atoms with Crippen LogP contribution in [0.25, 0.3) is 0 Å². The summed E-state index contributed by atoms with van der Waals surface area (Å²) in [5.74, 6) is 0.536. The molecule has 1 aromatic rings. The number of halogens is 1. The molecule has 31 heavy (non-hydrogen) atoms. The van der Waals surface area contributed by atoms with E-state index in [9.17, 15) is 14.4 Å². The summed E-state index contributed by atoms with van der Waals surface area (Å²) in [6.07, 6.45) is 1.32. The monoisotopic (exact) mass is 453 g/mol. The molecule has 0 atom stereocenters. The number of nitrogens with zero attached hydrogens (tertiary/aromatic N) is 1. The number of piperidine rings is 1. The molecule has 8 nitrogen and oxygen atoms in total. The fourth-order valence-electron chi connectivity index (χ4n) is 3.32. The first-order valence-electron chi connectivity index (χ1n) is 10.5. The second kappa shape index (κ2) is 11.2. The third-order valence-electron chi connectivity index (χ3n) is 4.93. The highest BCUT2D eigenvalue weighted by molar-refractivity contribution is 6.31. The van der Waals surface area contributed by atoms with E-state index in [1.165, 1.54) is 7.11 Å². The van der Waals surface area contributed by atoms with Gasteiger partial charge in [0.15, 0.2) is 0 Å². The minimum atomic E-state index is -0.566. The van der Waals surface area contributed by atoms with Gasteiger partial charge in [-0.2, -0.15) is 0 Å². The van der Waals surface area contributed by atoms with Crippen LogP contribution in [0.15, 0.2) is 18.2 Å². The fourth-order valence-corrected chi connectivity index (χ4v) is 3.49. The van der Waals surface area contributed by atoms with Crippen molar-refractivity contribution in [1.29, 1.82) is 0 Å². The number of hydrogen-bond donors (Lipinski definition) is 2. The van der Waals surface area contributed by atoms with Crippen LogP contribution in [-0.4, -0.2) is 61.7 Å². The molecule has 1 aliphatic rings. The summed E-state index contributed by atoms with van der Waals surface area (Å²) in [4.78, 5) is 38.3. The lowest BCUT2D eigenvalue weighted by Gasteiger charge is -2.32. The van der Waals surface area contributed by atoms with E-state index < -0.39 is 11.7 Å². The number of hydrogen-bond acceptors (Lipinski definition) is 5. The van der Waals surface area contributed by atoms with Crippen LogP contribution in [0.1, 0.15) is 50.4 Å². The minimum Gasteiger partial charge on any atom is -0.496 e. The highest BCUT2D eigenvalue weighted by atomic mass is 35.5. The van der Waals surface area contributed by atoms with Gasteiger partial charge in [-0.25, -0.2) is 4.79 Å². The summed E-state index contributed by atoms with van der Waals surface area (Å²) in [6.45, 7) is 7.39. The molecule has 1 saturated heterocycles. The van der Waals surface area contributed by atoms with Gasteiger partial charge < -0.3 is 25.0 Å². The average Bonchev–Trinajstić information content (AvgIpc) is 2.71. The van der Waals surface area contributed by atoms with E-state index >= 15 is 0 Å². The lowest BCUT2D eigenvalue weighted by Crippen LogP contribution is -2.42. The molecule has 0 spiro atoms. The molecule has 1 fully saturated rings. The van der Waals surface area contributed by atoms with Gasteiger partial charge in [-0.1, -0.05) is 11.6 Å². The van der Waals surface area contributed by atoms with E-state index in [1.54, 1.807) is 43.9 Å². The van der Waals surface area contributed by atoms with Crippen LogP contribution < -0.4 is 15.4 Å². The van der Waals surface area contributed by atoms with Crippen molar-refractivity contribution in [2.24, 2.45) is 5.92 Å². The van der Waals surface area contributed by atoms with Crippen LogP contribution in [0.2, 0.25) is 5.02 Å². The second-order valence-corrected chi connectivity index (χ2v) is 8.99. The van der Waals surface area contributed by atoms with Gasteiger partial charge >= 0.3 is 6.09 Å². The molecule has 0 unspecified atom stereocenters. The van der Waals surface area contributed by atoms with Crippen molar-refractivity contribution in [3.63, 3.8) is 0 Å². The van der Waals surface area contributed by atoms with Crippen molar-refractivity contribution in [2.45, 2.75) is 45.6 Å². The summed E-state index contributed by atoms with van der Waals surface area (Å²) in [6, 6.07) is 4.92. The number of nitrogens with one attached hydrogen (secondary N) is 2. The highest BCUT2D eigenvalue weighted by Gasteiger charge is 2.24. The number of benzene rings is 1. The largest absolute Gasteiger partial charge is 0.496 e. The van der Waals surface area contributed by atoms with Crippen molar-refractivity contribution in [3.05, 3.63) is 28.8 Å². The first kappa shape index (κ1) is 24.8. The maximum atomic E-state index is 12.5. The molecular formula is C22H32ClN3O5.